The van der Waals surface area contributed by atoms with Crippen LogP contribution >= 0.6 is 11.6 Å². The molecular weight excluding hydrogens is 168 g/mol. The minimum Gasteiger partial charge on any atom is -0.122 e. The van der Waals surface area contributed by atoms with Gasteiger partial charge in [0.2, 0.25) is 0 Å². The largest absolute Gasteiger partial charge is 0.122 e. The summed E-state index contributed by atoms with van der Waals surface area (Å²) in [7, 11) is 0. The first-order valence-corrected chi connectivity index (χ1v) is 4.49. The van der Waals surface area contributed by atoms with Crippen LogP contribution in [0, 0.1) is 13.8 Å². The number of halogens is 1. The van der Waals surface area contributed by atoms with Crippen molar-refractivity contribution >= 4 is 17.2 Å². The Morgan fingerprint density at radius 3 is 2.17 bits per heavy atom. The Kier molecular flexibility index (Phi) is 2.93. The highest BCUT2D eigenvalue weighted by atomic mass is 35.5. The van der Waals surface area contributed by atoms with Gasteiger partial charge in [0, 0.05) is 5.88 Å². The van der Waals surface area contributed by atoms with Gasteiger partial charge in [-0.2, -0.15) is 0 Å². The van der Waals surface area contributed by atoms with Gasteiger partial charge >= 0.3 is 0 Å². The standard InChI is InChI=1S/C11H13Cl/c1-8-4-9(2)6-11(5-8)10(3)7-12/h4-6H,3,7H2,1-2H3. The van der Waals surface area contributed by atoms with E-state index in [-0.39, 0.29) is 0 Å². The summed E-state index contributed by atoms with van der Waals surface area (Å²) in [5.41, 5.74) is 4.67. The molecular formula is C11H13Cl. The number of hydrogen-bond acceptors (Lipinski definition) is 0. The van der Waals surface area contributed by atoms with E-state index >= 15 is 0 Å². The first-order valence-electron chi connectivity index (χ1n) is 3.96. The molecule has 0 aromatic heterocycles. The maximum Gasteiger partial charge on any atom is 0.0474 e. The first-order chi connectivity index (χ1) is 5.63. The quantitative estimate of drug-likeness (QED) is 0.611. The molecule has 1 aromatic carbocycles. The molecule has 64 valence electrons. The van der Waals surface area contributed by atoms with Gasteiger partial charge in [-0.05, 0) is 25.0 Å². The molecule has 0 atom stereocenters. The fourth-order valence-electron chi connectivity index (χ4n) is 1.26. The number of benzene rings is 1. The van der Waals surface area contributed by atoms with Gasteiger partial charge in [-0.3, -0.25) is 0 Å². The molecule has 0 N–H and O–H groups in total. The third kappa shape index (κ3) is 2.12. The highest BCUT2D eigenvalue weighted by Gasteiger charge is 1.98. The molecule has 1 aromatic rings. The van der Waals surface area contributed by atoms with Crippen LogP contribution in [0.25, 0.3) is 5.57 Å². The highest BCUT2D eigenvalue weighted by molar-refractivity contribution is 6.23. The van der Waals surface area contributed by atoms with Crippen molar-refractivity contribution in [2.45, 2.75) is 13.8 Å². The van der Waals surface area contributed by atoms with Crippen LogP contribution in [0.5, 0.6) is 0 Å². The van der Waals surface area contributed by atoms with Crippen LogP contribution in [0.1, 0.15) is 16.7 Å². The lowest BCUT2D eigenvalue weighted by Gasteiger charge is -2.04. The zero-order valence-electron chi connectivity index (χ0n) is 7.52. The van der Waals surface area contributed by atoms with Gasteiger partial charge in [-0.1, -0.05) is 35.9 Å². The molecule has 0 amide bonds. The van der Waals surface area contributed by atoms with Crippen molar-refractivity contribution in [1.29, 1.82) is 0 Å². The minimum atomic E-state index is 0.503. The molecule has 0 saturated heterocycles. The van der Waals surface area contributed by atoms with E-state index in [2.05, 4.69) is 38.6 Å². The number of allylic oxidation sites excluding steroid dienone is 1. The van der Waals surface area contributed by atoms with E-state index in [4.69, 9.17) is 11.6 Å². The monoisotopic (exact) mass is 180 g/mol. The van der Waals surface area contributed by atoms with Gasteiger partial charge in [0.05, 0.1) is 0 Å². The average Bonchev–Trinajstić information content (AvgIpc) is 2.01. The van der Waals surface area contributed by atoms with Crippen molar-refractivity contribution in [2.24, 2.45) is 0 Å². The molecule has 0 saturated carbocycles. The highest BCUT2D eigenvalue weighted by Crippen LogP contribution is 2.17. The molecule has 0 unspecified atom stereocenters. The average molecular weight is 181 g/mol. The molecule has 0 fully saturated rings. The summed E-state index contributed by atoms with van der Waals surface area (Å²) in [4.78, 5) is 0. The van der Waals surface area contributed by atoms with E-state index in [1.807, 2.05) is 0 Å². The van der Waals surface area contributed by atoms with Crippen molar-refractivity contribution in [3.8, 4) is 0 Å². The second-order valence-electron chi connectivity index (χ2n) is 3.11. The van der Waals surface area contributed by atoms with Crippen molar-refractivity contribution in [3.05, 3.63) is 41.5 Å². The summed E-state index contributed by atoms with van der Waals surface area (Å²) in [6, 6.07) is 6.36. The van der Waals surface area contributed by atoms with Gasteiger partial charge < -0.3 is 0 Å². The van der Waals surface area contributed by atoms with E-state index in [1.54, 1.807) is 0 Å². The Balaban J connectivity index is 3.08. The molecule has 0 aliphatic rings. The van der Waals surface area contributed by atoms with Crippen molar-refractivity contribution in [2.75, 3.05) is 5.88 Å². The van der Waals surface area contributed by atoms with Crippen LogP contribution in [-0.2, 0) is 0 Å². The lowest BCUT2D eigenvalue weighted by Crippen LogP contribution is -1.87. The molecule has 0 radical (unpaired) electrons. The summed E-state index contributed by atoms with van der Waals surface area (Å²) in [6.07, 6.45) is 0. The number of rotatable bonds is 2. The van der Waals surface area contributed by atoms with Crippen LogP contribution in [-0.4, -0.2) is 5.88 Å². The van der Waals surface area contributed by atoms with Gasteiger partial charge in [0.15, 0.2) is 0 Å². The smallest absolute Gasteiger partial charge is 0.0474 e. The Morgan fingerprint density at radius 1 is 1.25 bits per heavy atom. The van der Waals surface area contributed by atoms with Crippen LogP contribution in [0.3, 0.4) is 0 Å². The third-order valence-corrected chi connectivity index (χ3v) is 2.11. The summed E-state index contributed by atoms with van der Waals surface area (Å²) >= 11 is 5.69. The van der Waals surface area contributed by atoms with Gasteiger partial charge in [-0.25, -0.2) is 0 Å². The second-order valence-corrected chi connectivity index (χ2v) is 3.38. The summed E-state index contributed by atoms with van der Waals surface area (Å²) in [5.74, 6) is 0.503. The second kappa shape index (κ2) is 3.77. The molecule has 0 aliphatic heterocycles. The van der Waals surface area contributed by atoms with Gasteiger partial charge in [0.1, 0.15) is 0 Å². The molecule has 1 rings (SSSR count). The third-order valence-electron chi connectivity index (χ3n) is 1.79. The Labute approximate surface area is 78.9 Å². The molecule has 0 aliphatic carbocycles. The molecule has 12 heavy (non-hydrogen) atoms. The number of alkyl halides is 1. The topological polar surface area (TPSA) is 0 Å². The summed E-state index contributed by atoms with van der Waals surface area (Å²) < 4.78 is 0. The fourth-order valence-corrected chi connectivity index (χ4v) is 1.41. The summed E-state index contributed by atoms with van der Waals surface area (Å²) in [6.45, 7) is 8.06. The van der Waals surface area contributed by atoms with Gasteiger partial charge in [-0.15, -0.1) is 11.6 Å². The van der Waals surface area contributed by atoms with E-state index < -0.39 is 0 Å². The molecule has 0 heterocycles. The number of hydrogen-bond donors (Lipinski definition) is 0. The van der Waals surface area contributed by atoms with E-state index in [1.165, 1.54) is 11.1 Å². The van der Waals surface area contributed by atoms with Crippen LogP contribution in [0.2, 0.25) is 0 Å². The van der Waals surface area contributed by atoms with Crippen molar-refractivity contribution in [1.82, 2.24) is 0 Å². The van der Waals surface area contributed by atoms with Crippen LogP contribution in [0.15, 0.2) is 24.8 Å². The van der Waals surface area contributed by atoms with E-state index in [9.17, 15) is 0 Å². The molecule has 0 spiro atoms. The van der Waals surface area contributed by atoms with E-state index in [0.29, 0.717) is 5.88 Å². The zero-order chi connectivity index (χ0) is 9.14. The SMILES string of the molecule is C=C(CCl)c1cc(C)cc(C)c1. The normalized spacial score (nSPS) is 9.92. The predicted octanol–water partition coefficient (Wildman–Crippen LogP) is 3.56. The Hall–Kier alpha value is -0.750. The van der Waals surface area contributed by atoms with E-state index in [0.717, 1.165) is 11.1 Å². The Morgan fingerprint density at radius 2 is 1.75 bits per heavy atom. The van der Waals surface area contributed by atoms with Crippen LogP contribution in [0.4, 0.5) is 0 Å². The molecule has 1 heteroatoms. The lowest BCUT2D eigenvalue weighted by atomic mass is 10.0. The minimum absolute atomic E-state index is 0.503. The van der Waals surface area contributed by atoms with Crippen molar-refractivity contribution in [3.63, 3.8) is 0 Å². The molecule has 0 nitrogen and oxygen atoms in total. The zero-order valence-corrected chi connectivity index (χ0v) is 8.28. The predicted molar refractivity (Wildman–Crippen MR) is 55.7 cm³/mol. The maximum atomic E-state index is 5.69. The lowest BCUT2D eigenvalue weighted by molar-refractivity contribution is 1.36. The molecule has 0 bridgehead atoms. The number of aryl methyl sites for hydroxylation is 2. The van der Waals surface area contributed by atoms with Crippen molar-refractivity contribution < 1.29 is 0 Å². The summed E-state index contributed by atoms with van der Waals surface area (Å²) in [5, 5.41) is 0. The maximum absolute atomic E-state index is 5.69. The van der Waals surface area contributed by atoms with Gasteiger partial charge in [0.25, 0.3) is 0 Å². The van der Waals surface area contributed by atoms with Crippen LogP contribution < -0.4 is 0 Å². The fraction of sp³-hybridized carbons (Fsp3) is 0.273. The Bertz CT molecular complexity index is 280. The first kappa shape index (κ1) is 9.34.